The lowest BCUT2D eigenvalue weighted by Crippen LogP contribution is -2.23. The highest BCUT2D eigenvalue weighted by molar-refractivity contribution is 9.09. The molecule has 2 nitrogen and oxygen atoms in total. The summed E-state index contributed by atoms with van der Waals surface area (Å²) in [6.07, 6.45) is 0. The van der Waals surface area contributed by atoms with Gasteiger partial charge in [-0.1, -0.05) is 126 Å². The molecule has 0 heterocycles. The molecule has 36 heavy (non-hydrogen) atoms. The van der Waals surface area contributed by atoms with Crippen molar-refractivity contribution in [2.24, 2.45) is 9.98 Å². The first-order chi connectivity index (χ1) is 17.4. The summed E-state index contributed by atoms with van der Waals surface area (Å²) >= 11 is 17.0. The van der Waals surface area contributed by atoms with E-state index in [0.717, 1.165) is 44.9 Å². The van der Waals surface area contributed by atoms with Crippen molar-refractivity contribution in [3.8, 4) is 11.1 Å². The van der Waals surface area contributed by atoms with Gasteiger partial charge in [0.05, 0.1) is 27.2 Å². The highest BCUT2D eigenvalue weighted by Gasteiger charge is 2.28. The van der Waals surface area contributed by atoms with E-state index in [1.54, 1.807) is 0 Å². The Labute approximate surface area is 230 Å². The van der Waals surface area contributed by atoms with Crippen LogP contribution in [0.15, 0.2) is 94.9 Å². The van der Waals surface area contributed by atoms with Gasteiger partial charge in [0.2, 0.25) is 0 Å². The second-order valence-corrected chi connectivity index (χ2v) is 11.3. The van der Waals surface area contributed by atoms with Gasteiger partial charge in [-0.2, -0.15) is 0 Å². The van der Waals surface area contributed by atoms with Crippen LogP contribution in [0.25, 0.3) is 11.1 Å². The van der Waals surface area contributed by atoms with Crippen molar-refractivity contribution in [3.63, 3.8) is 0 Å². The highest BCUT2D eigenvalue weighted by atomic mass is 79.9. The first-order valence-electron chi connectivity index (χ1n) is 11.9. The van der Waals surface area contributed by atoms with Gasteiger partial charge in [-0.15, -0.1) is 0 Å². The molecule has 1 aliphatic carbocycles. The van der Waals surface area contributed by atoms with E-state index in [1.165, 1.54) is 5.56 Å². The third-order valence-electron chi connectivity index (χ3n) is 6.41. The van der Waals surface area contributed by atoms with Crippen LogP contribution in [0.2, 0.25) is 10.0 Å². The van der Waals surface area contributed by atoms with Gasteiger partial charge in [0.15, 0.2) is 0 Å². The zero-order chi connectivity index (χ0) is 25.4. The molecule has 0 aromatic heterocycles. The molecule has 0 aliphatic heterocycles. The van der Waals surface area contributed by atoms with Crippen LogP contribution < -0.4 is 0 Å². The molecule has 0 fully saturated rings. The Morgan fingerprint density at radius 2 is 1.00 bits per heavy atom. The summed E-state index contributed by atoms with van der Waals surface area (Å²) in [5.41, 5.74) is 9.69. The predicted octanol–water partition coefficient (Wildman–Crippen LogP) is 10.5. The van der Waals surface area contributed by atoms with Crippen molar-refractivity contribution in [2.45, 2.75) is 31.5 Å². The number of hydrogen-bond donors (Lipinski definition) is 0. The Balaban J connectivity index is 1.89. The maximum Gasteiger partial charge on any atom is 0.101 e. The standard InChI is InChI=1S/C31H25BrCl2N2/c1-18(2)20-14-8-15-21(19(3)32)28(20)35-29-24-12-6-4-10-22(24)23-11-5-7-13-25(23)30(29)36-31-26(33)16-9-17-27(31)34/h4-19H,1-3H3/b35-29+,36-30+. The van der Waals surface area contributed by atoms with Crippen molar-refractivity contribution in [3.05, 3.63) is 117 Å². The van der Waals surface area contributed by atoms with Gasteiger partial charge in [0.1, 0.15) is 5.69 Å². The van der Waals surface area contributed by atoms with Gasteiger partial charge in [0.25, 0.3) is 0 Å². The lowest BCUT2D eigenvalue weighted by molar-refractivity contribution is 0.862. The van der Waals surface area contributed by atoms with Crippen LogP contribution in [-0.4, -0.2) is 11.4 Å². The van der Waals surface area contributed by atoms with Crippen molar-refractivity contribution in [1.82, 2.24) is 0 Å². The number of halogens is 3. The quantitative estimate of drug-likeness (QED) is 0.216. The molecule has 0 spiro atoms. The molecule has 0 saturated carbocycles. The highest BCUT2D eigenvalue weighted by Crippen LogP contribution is 2.42. The van der Waals surface area contributed by atoms with Gasteiger partial charge in [-0.3, -0.25) is 0 Å². The molecule has 5 heteroatoms. The van der Waals surface area contributed by atoms with Gasteiger partial charge >= 0.3 is 0 Å². The summed E-state index contributed by atoms with van der Waals surface area (Å²) in [7, 11) is 0. The van der Waals surface area contributed by atoms with Crippen molar-refractivity contribution < 1.29 is 0 Å². The molecule has 4 aromatic rings. The fourth-order valence-corrected chi connectivity index (χ4v) is 5.50. The van der Waals surface area contributed by atoms with Crippen molar-refractivity contribution in [1.29, 1.82) is 0 Å². The Morgan fingerprint density at radius 1 is 0.556 bits per heavy atom. The van der Waals surface area contributed by atoms with E-state index < -0.39 is 0 Å². The number of hydrogen-bond acceptors (Lipinski definition) is 2. The first-order valence-corrected chi connectivity index (χ1v) is 13.6. The molecule has 1 aliphatic rings. The number of benzene rings is 4. The van der Waals surface area contributed by atoms with E-state index in [9.17, 15) is 0 Å². The van der Waals surface area contributed by atoms with E-state index in [2.05, 4.69) is 91.3 Å². The fraction of sp³-hybridized carbons (Fsp3) is 0.161. The second-order valence-electron chi connectivity index (χ2n) is 9.14. The first kappa shape index (κ1) is 25.0. The van der Waals surface area contributed by atoms with Gasteiger partial charge in [-0.25, -0.2) is 9.98 Å². The Bertz CT molecular complexity index is 1470. The number of alkyl halides is 1. The summed E-state index contributed by atoms with van der Waals surface area (Å²) in [6, 6.07) is 28.5. The van der Waals surface area contributed by atoms with E-state index in [1.807, 2.05) is 30.3 Å². The third kappa shape index (κ3) is 4.56. The van der Waals surface area contributed by atoms with Crippen LogP contribution in [-0.2, 0) is 0 Å². The minimum atomic E-state index is 0.139. The summed E-state index contributed by atoms with van der Waals surface area (Å²) in [5, 5.41) is 1.01. The largest absolute Gasteiger partial charge is 0.245 e. The molecular formula is C31H25BrCl2N2. The van der Waals surface area contributed by atoms with E-state index in [4.69, 9.17) is 33.2 Å². The molecule has 1 unspecified atom stereocenters. The molecule has 4 aromatic carbocycles. The maximum absolute atomic E-state index is 6.58. The lowest BCUT2D eigenvalue weighted by Gasteiger charge is -2.25. The van der Waals surface area contributed by atoms with Crippen LogP contribution in [0.4, 0.5) is 11.4 Å². The maximum atomic E-state index is 6.58. The summed E-state index contributed by atoms with van der Waals surface area (Å²) in [4.78, 5) is 10.6. The molecule has 0 amide bonds. The van der Waals surface area contributed by atoms with Gasteiger partial charge < -0.3 is 0 Å². The molecule has 1 atom stereocenters. The summed E-state index contributed by atoms with van der Waals surface area (Å²) < 4.78 is 0. The predicted molar refractivity (Wildman–Crippen MR) is 159 cm³/mol. The Hall–Kier alpha value is -2.72. The number of fused-ring (bicyclic) bond motifs is 3. The lowest BCUT2D eigenvalue weighted by atomic mass is 9.82. The molecular weight excluding hydrogens is 551 g/mol. The zero-order valence-corrected chi connectivity index (χ0v) is 23.4. The number of aliphatic imine (C=N–C) groups is 2. The molecule has 0 saturated heterocycles. The molecule has 0 bridgehead atoms. The van der Waals surface area contributed by atoms with Crippen LogP contribution in [0, 0.1) is 0 Å². The average Bonchev–Trinajstić information content (AvgIpc) is 2.87. The van der Waals surface area contributed by atoms with Crippen molar-refractivity contribution in [2.75, 3.05) is 0 Å². The van der Waals surface area contributed by atoms with Crippen LogP contribution in [0.1, 0.15) is 53.8 Å². The minimum absolute atomic E-state index is 0.139. The van der Waals surface area contributed by atoms with E-state index in [0.29, 0.717) is 21.7 Å². The third-order valence-corrected chi connectivity index (χ3v) is 7.52. The zero-order valence-electron chi connectivity index (χ0n) is 20.3. The Morgan fingerprint density at radius 3 is 1.50 bits per heavy atom. The fourth-order valence-electron chi connectivity index (χ4n) is 4.65. The monoisotopic (exact) mass is 574 g/mol. The van der Waals surface area contributed by atoms with Gasteiger partial charge in [-0.05, 0) is 47.2 Å². The minimum Gasteiger partial charge on any atom is -0.245 e. The Kier molecular flexibility index (Phi) is 7.16. The van der Waals surface area contributed by atoms with Crippen LogP contribution in [0.5, 0.6) is 0 Å². The SMILES string of the molecule is CC(C)c1cccc(C(C)Br)c1/N=C1/C(=N/c2c(Cl)cccc2Cl)c2ccccc2-c2ccccc21. The van der Waals surface area contributed by atoms with Crippen molar-refractivity contribution >= 4 is 61.9 Å². The van der Waals surface area contributed by atoms with Gasteiger partial charge in [0, 0.05) is 16.0 Å². The van der Waals surface area contributed by atoms with Crippen LogP contribution >= 0.6 is 39.1 Å². The number of rotatable bonds is 4. The van der Waals surface area contributed by atoms with E-state index >= 15 is 0 Å². The molecule has 180 valence electrons. The normalized spacial score (nSPS) is 15.8. The smallest absolute Gasteiger partial charge is 0.101 e. The number of nitrogens with zero attached hydrogens (tertiary/aromatic N) is 2. The van der Waals surface area contributed by atoms with Crippen LogP contribution in [0.3, 0.4) is 0 Å². The second kappa shape index (κ2) is 10.3. The average molecular weight is 576 g/mol. The molecule has 0 radical (unpaired) electrons. The van der Waals surface area contributed by atoms with E-state index in [-0.39, 0.29) is 4.83 Å². The molecule has 0 N–H and O–H groups in total. The number of para-hydroxylation sites is 2. The molecule has 5 rings (SSSR count). The summed E-state index contributed by atoms with van der Waals surface area (Å²) in [5.74, 6) is 0.306. The topological polar surface area (TPSA) is 24.7 Å². The summed E-state index contributed by atoms with van der Waals surface area (Å²) in [6.45, 7) is 6.53.